The molecule has 1 aromatic carbocycles. The Balaban J connectivity index is 1.60. The fraction of sp³-hybridized carbons (Fsp3) is 0.312. The average Bonchev–Trinajstić information content (AvgIpc) is 3.02. The smallest absolute Gasteiger partial charge is 0.419 e. The van der Waals surface area contributed by atoms with Crippen molar-refractivity contribution < 1.29 is 27.8 Å². The highest BCUT2D eigenvalue weighted by atomic mass is 19.4. The van der Waals surface area contributed by atoms with Gasteiger partial charge in [0.05, 0.1) is 12.1 Å². The summed E-state index contributed by atoms with van der Waals surface area (Å²) in [7, 11) is 0. The third kappa shape index (κ3) is 3.98. The Morgan fingerprint density at radius 3 is 2.64 bits per heavy atom. The summed E-state index contributed by atoms with van der Waals surface area (Å²) in [5.41, 5.74) is -0.599. The highest BCUT2D eigenvalue weighted by Crippen LogP contribution is 2.28. The Hall–Kier alpha value is -2.84. The first-order valence-corrected chi connectivity index (χ1v) is 7.47. The number of carbonyl (C=O) groups is 1. The SMILES string of the molecule is O=C(c1cccc(O)c1)N1CC[C@H](Oc2ncc(C(F)(F)F)cn2)C1. The van der Waals surface area contributed by atoms with Crippen molar-refractivity contribution in [2.24, 2.45) is 0 Å². The van der Waals surface area contributed by atoms with Crippen molar-refractivity contribution in [3.63, 3.8) is 0 Å². The van der Waals surface area contributed by atoms with Crippen LogP contribution in [0, 0.1) is 0 Å². The van der Waals surface area contributed by atoms with Gasteiger partial charge in [-0.25, -0.2) is 9.97 Å². The lowest BCUT2D eigenvalue weighted by atomic mass is 10.2. The topological polar surface area (TPSA) is 75.5 Å². The van der Waals surface area contributed by atoms with E-state index in [9.17, 15) is 23.1 Å². The van der Waals surface area contributed by atoms with Crippen molar-refractivity contribution in [2.45, 2.75) is 18.7 Å². The second-order valence-corrected chi connectivity index (χ2v) is 5.58. The molecule has 132 valence electrons. The van der Waals surface area contributed by atoms with Crippen molar-refractivity contribution in [3.8, 4) is 11.8 Å². The zero-order valence-electron chi connectivity index (χ0n) is 12.9. The normalized spacial score (nSPS) is 17.6. The van der Waals surface area contributed by atoms with Gasteiger partial charge in [-0.05, 0) is 18.2 Å². The van der Waals surface area contributed by atoms with Crippen LogP contribution in [0.4, 0.5) is 13.2 Å². The van der Waals surface area contributed by atoms with Gasteiger partial charge >= 0.3 is 12.2 Å². The predicted molar refractivity (Wildman–Crippen MR) is 80.1 cm³/mol. The van der Waals surface area contributed by atoms with E-state index in [1.165, 1.54) is 12.1 Å². The number of ether oxygens (including phenoxy) is 1. The maximum absolute atomic E-state index is 12.5. The minimum Gasteiger partial charge on any atom is -0.508 e. The largest absolute Gasteiger partial charge is 0.508 e. The second kappa shape index (κ2) is 6.58. The molecule has 3 rings (SSSR count). The van der Waals surface area contributed by atoms with Crippen LogP contribution < -0.4 is 4.74 Å². The van der Waals surface area contributed by atoms with Crippen LogP contribution >= 0.6 is 0 Å². The maximum Gasteiger partial charge on any atom is 0.419 e. The number of rotatable bonds is 3. The van der Waals surface area contributed by atoms with E-state index in [1.54, 1.807) is 17.0 Å². The second-order valence-electron chi connectivity index (χ2n) is 5.58. The number of phenolic OH excluding ortho intramolecular Hbond substituents is 1. The molecule has 6 nitrogen and oxygen atoms in total. The van der Waals surface area contributed by atoms with Crippen LogP contribution in [0.5, 0.6) is 11.8 Å². The molecule has 0 bridgehead atoms. The van der Waals surface area contributed by atoms with Gasteiger partial charge in [0, 0.05) is 30.9 Å². The number of halogens is 3. The lowest BCUT2D eigenvalue weighted by Crippen LogP contribution is -2.31. The molecule has 9 heteroatoms. The molecule has 1 aliphatic heterocycles. The fourth-order valence-electron chi connectivity index (χ4n) is 2.50. The summed E-state index contributed by atoms with van der Waals surface area (Å²) < 4.78 is 42.9. The van der Waals surface area contributed by atoms with E-state index in [2.05, 4.69) is 9.97 Å². The number of hydrogen-bond acceptors (Lipinski definition) is 5. The van der Waals surface area contributed by atoms with E-state index in [0.717, 1.165) is 0 Å². The summed E-state index contributed by atoms with van der Waals surface area (Å²) in [6.45, 7) is 0.693. The summed E-state index contributed by atoms with van der Waals surface area (Å²) >= 11 is 0. The molecule has 0 aliphatic carbocycles. The molecule has 1 saturated heterocycles. The first-order chi connectivity index (χ1) is 11.8. The van der Waals surface area contributed by atoms with Crippen molar-refractivity contribution in [2.75, 3.05) is 13.1 Å². The Labute approximate surface area is 140 Å². The Morgan fingerprint density at radius 2 is 2.00 bits per heavy atom. The molecule has 2 aromatic rings. The Kier molecular flexibility index (Phi) is 4.47. The van der Waals surface area contributed by atoms with Crippen molar-refractivity contribution in [3.05, 3.63) is 47.8 Å². The minimum absolute atomic E-state index is 0.00370. The highest BCUT2D eigenvalue weighted by Gasteiger charge is 2.32. The molecule has 0 saturated carbocycles. The molecule has 1 atom stereocenters. The van der Waals surface area contributed by atoms with Gasteiger partial charge in [-0.1, -0.05) is 6.07 Å². The van der Waals surface area contributed by atoms with Crippen LogP contribution in [0.2, 0.25) is 0 Å². The van der Waals surface area contributed by atoms with Gasteiger partial charge in [-0.3, -0.25) is 4.79 Å². The van der Waals surface area contributed by atoms with Crippen LogP contribution in [-0.2, 0) is 6.18 Å². The number of benzene rings is 1. The van der Waals surface area contributed by atoms with Crippen LogP contribution in [0.1, 0.15) is 22.3 Å². The highest BCUT2D eigenvalue weighted by molar-refractivity contribution is 5.94. The Bertz CT molecular complexity index is 765. The van der Waals surface area contributed by atoms with Gasteiger partial charge in [-0.2, -0.15) is 13.2 Å². The number of hydrogen-bond donors (Lipinski definition) is 1. The number of aromatic nitrogens is 2. The van der Waals surface area contributed by atoms with Gasteiger partial charge in [0.15, 0.2) is 0 Å². The molecule has 1 aliphatic rings. The molecule has 0 unspecified atom stereocenters. The number of phenols is 1. The lowest BCUT2D eigenvalue weighted by molar-refractivity contribution is -0.138. The average molecular weight is 353 g/mol. The van der Waals surface area contributed by atoms with Crippen molar-refractivity contribution in [1.29, 1.82) is 0 Å². The van der Waals surface area contributed by atoms with E-state index in [-0.39, 0.29) is 24.2 Å². The summed E-state index contributed by atoms with van der Waals surface area (Å²) in [6, 6.07) is 5.84. The quantitative estimate of drug-likeness (QED) is 0.918. The van der Waals surface area contributed by atoms with Gasteiger partial charge in [0.25, 0.3) is 5.91 Å². The van der Waals surface area contributed by atoms with Crippen LogP contribution in [-0.4, -0.2) is 45.1 Å². The first kappa shape index (κ1) is 17.0. The van der Waals surface area contributed by atoms with Gasteiger partial charge in [0.2, 0.25) is 0 Å². The summed E-state index contributed by atoms with van der Waals surface area (Å²) in [5.74, 6) is -0.258. The van der Waals surface area contributed by atoms with Crippen LogP contribution in [0.25, 0.3) is 0 Å². The number of aromatic hydroxyl groups is 1. The Morgan fingerprint density at radius 1 is 1.28 bits per heavy atom. The van der Waals surface area contributed by atoms with E-state index >= 15 is 0 Å². The molecule has 1 amide bonds. The maximum atomic E-state index is 12.5. The fourth-order valence-corrected chi connectivity index (χ4v) is 2.50. The van der Waals surface area contributed by atoms with Crippen molar-refractivity contribution >= 4 is 5.91 Å². The molecule has 1 aromatic heterocycles. The van der Waals surface area contributed by atoms with Gasteiger partial charge < -0.3 is 14.7 Å². The number of alkyl halides is 3. The third-order valence-corrected chi connectivity index (χ3v) is 3.75. The minimum atomic E-state index is -4.50. The monoisotopic (exact) mass is 353 g/mol. The zero-order chi connectivity index (χ0) is 18.0. The zero-order valence-corrected chi connectivity index (χ0v) is 12.9. The van der Waals surface area contributed by atoms with E-state index < -0.39 is 17.8 Å². The standard InChI is InChI=1S/C16H14F3N3O3/c17-16(18,19)11-7-20-15(21-8-11)25-13-4-5-22(9-13)14(24)10-2-1-3-12(23)6-10/h1-3,6-8,13,23H,4-5,9H2/t13-/m0/s1. The van der Waals surface area contributed by atoms with Crippen molar-refractivity contribution in [1.82, 2.24) is 14.9 Å². The molecule has 0 radical (unpaired) electrons. The third-order valence-electron chi connectivity index (χ3n) is 3.75. The summed E-state index contributed by atoms with van der Waals surface area (Å²) in [5, 5.41) is 9.44. The lowest BCUT2D eigenvalue weighted by Gasteiger charge is -2.17. The van der Waals surface area contributed by atoms with E-state index in [0.29, 0.717) is 30.9 Å². The number of carbonyl (C=O) groups excluding carboxylic acids is 1. The molecular formula is C16H14F3N3O3. The first-order valence-electron chi connectivity index (χ1n) is 7.47. The number of likely N-dealkylation sites (tertiary alicyclic amines) is 1. The summed E-state index contributed by atoms with van der Waals surface area (Å²) in [4.78, 5) is 21.0. The molecule has 1 N–H and O–H groups in total. The van der Waals surface area contributed by atoms with Gasteiger partial charge in [0.1, 0.15) is 11.9 Å². The van der Waals surface area contributed by atoms with Crippen LogP contribution in [0.3, 0.4) is 0 Å². The molecule has 0 spiro atoms. The van der Waals surface area contributed by atoms with Crippen LogP contribution in [0.15, 0.2) is 36.7 Å². The number of nitrogens with zero attached hydrogens (tertiary/aromatic N) is 3. The molecule has 1 fully saturated rings. The van der Waals surface area contributed by atoms with Gasteiger partial charge in [-0.15, -0.1) is 0 Å². The van der Waals surface area contributed by atoms with E-state index in [4.69, 9.17) is 4.74 Å². The molecular weight excluding hydrogens is 339 g/mol. The predicted octanol–water partition coefficient (Wildman–Crippen LogP) is 2.49. The molecule has 2 heterocycles. The summed E-state index contributed by atoms with van der Waals surface area (Å²) in [6.07, 6.45) is -3.08. The van der Waals surface area contributed by atoms with E-state index in [1.807, 2.05) is 0 Å². The molecule has 25 heavy (non-hydrogen) atoms. The number of amides is 1.